The first-order chi connectivity index (χ1) is 15.9. The molecule has 0 amide bonds. The van der Waals surface area contributed by atoms with E-state index in [-0.39, 0.29) is 12.0 Å². The van der Waals surface area contributed by atoms with Crippen molar-refractivity contribution in [3.63, 3.8) is 0 Å². The topological polar surface area (TPSA) is 110 Å². The predicted molar refractivity (Wildman–Crippen MR) is 117 cm³/mol. The monoisotopic (exact) mass is 455 g/mol. The van der Waals surface area contributed by atoms with Crippen molar-refractivity contribution in [2.45, 2.75) is 51.6 Å². The lowest BCUT2D eigenvalue weighted by molar-refractivity contribution is -0.142. The third-order valence-corrected chi connectivity index (χ3v) is 6.21. The fraction of sp³-hybridized carbons (Fsp3) is 0.409. The van der Waals surface area contributed by atoms with Crippen LogP contribution in [0.5, 0.6) is 0 Å². The van der Waals surface area contributed by atoms with Gasteiger partial charge in [0.15, 0.2) is 5.65 Å². The summed E-state index contributed by atoms with van der Waals surface area (Å²) in [5, 5.41) is 17.0. The molecule has 172 valence electrons. The minimum atomic E-state index is -2.50. The number of alkyl halides is 2. The van der Waals surface area contributed by atoms with Gasteiger partial charge in [0.25, 0.3) is 6.43 Å². The molecule has 0 aromatic carbocycles. The van der Waals surface area contributed by atoms with Crippen LogP contribution in [0.25, 0.3) is 27.9 Å². The molecule has 2 N–H and O–H groups in total. The number of nitrogens with zero attached hydrogens (tertiary/aromatic N) is 6. The Balaban J connectivity index is 1.40. The summed E-state index contributed by atoms with van der Waals surface area (Å²) in [5.41, 5.74) is 3.13. The van der Waals surface area contributed by atoms with Gasteiger partial charge in [-0.2, -0.15) is 0 Å². The summed E-state index contributed by atoms with van der Waals surface area (Å²) in [5.74, 6) is -0.0418. The van der Waals surface area contributed by atoms with E-state index in [1.807, 2.05) is 12.1 Å². The summed E-state index contributed by atoms with van der Waals surface area (Å²) in [6.07, 6.45) is 3.78. The third kappa shape index (κ3) is 4.10. The minimum Gasteiger partial charge on any atom is -0.481 e. The molecule has 0 unspecified atom stereocenters. The van der Waals surface area contributed by atoms with Crippen LogP contribution in [0.15, 0.2) is 30.6 Å². The smallest absolute Gasteiger partial charge is 0.306 e. The molecule has 0 spiro atoms. The molecule has 0 saturated heterocycles. The first kappa shape index (κ1) is 21.2. The van der Waals surface area contributed by atoms with E-state index in [0.29, 0.717) is 41.5 Å². The molecule has 11 heteroatoms. The van der Waals surface area contributed by atoms with Gasteiger partial charge in [0, 0.05) is 17.8 Å². The van der Waals surface area contributed by atoms with Gasteiger partial charge in [-0.25, -0.2) is 28.2 Å². The maximum absolute atomic E-state index is 13.0. The number of aromatic nitrogens is 6. The molecule has 4 heterocycles. The Morgan fingerprint density at radius 1 is 1.21 bits per heavy atom. The van der Waals surface area contributed by atoms with E-state index in [1.165, 1.54) is 4.57 Å². The molecule has 0 bridgehead atoms. The highest BCUT2D eigenvalue weighted by molar-refractivity contribution is 5.82. The summed E-state index contributed by atoms with van der Waals surface area (Å²) in [6, 6.07) is 5.58. The first-order valence-corrected chi connectivity index (χ1v) is 10.8. The van der Waals surface area contributed by atoms with Crippen molar-refractivity contribution in [1.29, 1.82) is 0 Å². The van der Waals surface area contributed by atoms with Crippen LogP contribution in [-0.2, 0) is 11.3 Å². The molecule has 0 aliphatic heterocycles. The number of aryl methyl sites for hydroxylation is 1. The van der Waals surface area contributed by atoms with Gasteiger partial charge in [-0.1, -0.05) is 0 Å². The fourth-order valence-electron chi connectivity index (χ4n) is 4.47. The van der Waals surface area contributed by atoms with Crippen molar-refractivity contribution in [1.82, 2.24) is 29.1 Å². The zero-order valence-electron chi connectivity index (χ0n) is 17.9. The molecule has 4 aromatic rings. The predicted octanol–water partition coefficient (Wildman–Crippen LogP) is 3.77. The lowest BCUT2D eigenvalue weighted by atomic mass is 9.86. The number of hydrogen-bond donors (Lipinski definition) is 2. The van der Waals surface area contributed by atoms with E-state index in [1.54, 1.807) is 29.9 Å². The highest BCUT2D eigenvalue weighted by Gasteiger charge is 2.26. The van der Waals surface area contributed by atoms with Gasteiger partial charge in [-0.05, 0) is 50.8 Å². The zero-order chi connectivity index (χ0) is 23.1. The highest BCUT2D eigenvalue weighted by Crippen LogP contribution is 2.28. The maximum Gasteiger partial charge on any atom is 0.306 e. The van der Waals surface area contributed by atoms with Crippen LogP contribution in [0.3, 0.4) is 0 Å². The Labute approximate surface area is 187 Å². The molecule has 1 aliphatic carbocycles. The van der Waals surface area contributed by atoms with E-state index in [4.69, 9.17) is 5.11 Å². The molecule has 0 radical (unpaired) electrons. The zero-order valence-corrected chi connectivity index (χ0v) is 17.9. The normalized spacial score (nSPS) is 18.9. The number of hydrogen-bond acceptors (Lipinski definition) is 6. The van der Waals surface area contributed by atoms with Gasteiger partial charge >= 0.3 is 5.97 Å². The lowest BCUT2D eigenvalue weighted by Gasteiger charge is -2.26. The number of imidazole rings is 1. The van der Waals surface area contributed by atoms with Crippen molar-refractivity contribution in [3.05, 3.63) is 36.4 Å². The standard InChI is InChI=1S/C22H23F2N7O2/c1-12-26-17-7-6-16(28-20(17)30(12)11-19(23)24)15-8-9-31-18(15)10-25-22(29-31)27-14-4-2-13(3-5-14)21(32)33/h6-10,13-14,19H,2-5,11H2,1H3,(H,27,29)(H,32,33). The number of nitrogens with one attached hydrogen (secondary N) is 1. The summed E-state index contributed by atoms with van der Waals surface area (Å²) in [4.78, 5) is 24.5. The Kier molecular flexibility index (Phi) is 5.39. The van der Waals surface area contributed by atoms with Crippen molar-refractivity contribution >= 4 is 28.6 Å². The molecule has 1 aliphatic rings. The third-order valence-electron chi connectivity index (χ3n) is 6.21. The van der Waals surface area contributed by atoms with Gasteiger partial charge in [0.1, 0.15) is 11.3 Å². The molecule has 33 heavy (non-hydrogen) atoms. The van der Waals surface area contributed by atoms with Crippen LogP contribution in [0.2, 0.25) is 0 Å². The summed E-state index contributed by atoms with van der Waals surface area (Å²) in [6.45, 7) is 1.23. The van der Waals surface area contributed by atoms with Crippen molar-refractivity contribution in [2.24, 2.45) is 5.92 Å². The van der Waals surface area contributed by atoms with Gasteiger partial charge in [0.05, 0.1) is 29.9 Å². The molecule has 1 saturated carbocycles. The fourth-order valence-corrected chi connectivity index (χ4v) is 4.47. The highest BCUT2D eigenvalue weighted by atomic mass is 19.3. The Morgan fingerprint density at radius 2 is 2.00 bits per heavy atom. The first-order valence-electron chi connectivity index (χ1n) is 10.8. The number of aliphatic carboxylic acids is 1. The average Bonchev–Trinajstić information content (AvgIpc) is 3.34. The van der Waals surface area contributed by atoms with Crippen LogP contribution >= 0.6 is 0 Å². The van der Waals surface area contributed by atoms with Crippen molar-refractivity contribution < 1.29 is 18.7 Å². The minimum absolute atomic E-state index is 0.135. The number of anilines is 1. The summed E-state index contributed by atoms with van der Waals surface area (Å²) >= 11 is 0. The van der Waals surface area contributed by atoms with Crippen molar-refractivity contribution in [3.8, 4) is 11.3 Å². The van der Waals surface area contributed by atoms with Crippen LogP contribution in [0.4, 0.5) is 14.7 Å². The van der Waals surface area contributed by atoms with Gasteiger partial charge in [-0.15, -0.1) is 5.10 Å². The number of halogens is 2. The van der Waals surface area contributed by atoms with E-state index >= 15 is 0 Å². The van der Waals surface area contributed by atoms with Gasteiger partial charge < -0.3 is 15.0 Å². The van der Waals surface area contributed by atoms with Crippen LogP contribution in [-0.4, -0.2) is 52.7 Å². The van der Waals surface area contributed by atoms with Crippen LogP contribution < -0.4 is 5.32 Å². The number of carboxylic acids is 1. The molecule has 1 fully saturated rings. The van der Waals surface area contributed by atoms with E-state index in [9.17, 15) is 13.6 Å². The second-order valence-electron chi connectivity index (χ2n) is 8.37. The molecule has 4 aromatic heterocycles. The molecule has 5 rings (SSSR count). The Morgan fingerprint density at radius 3 is 2.73 bits per heavy atom. The quantitative estimate of drug-likeness (QED) is 0.455. The van der Waals surface area contributed by atoms with Crippen molar-refractivity contribution in [2.75, 3.05) is 5.32 Å². The van der Waals surface area contributed by atoms with E-state index in [2.05, 4.69) is 25.4 Å². The van der Waals surface area contributed by atoms with Gasteiger partial charge in [-0.3, -0.25) is 4.79 Å². The average molecular weight is 455 g/mol. The van der Waals surface area contributed by atoms with Crippen LogP contribution in [0.1, 0.15) is 31.5 Å². The number of fused-ring (bicyclic) bond motifs is 2. The molecule has 0 atom stereocenters. The molecule has 9 nitrogen and oxygen atoms in total. The van der Waals surface area contributed by atoms with E-state index in [0.717, 1.165) is 23.9 Å². The Bertz CT molecular complexity index is 1330. The number of carboxylic acid groups (broad SMARTS) is 1. The summed E-state index contributed by atoms with van der Waals surface area (Å²) < 4.78 is 29.2. The number of rotatable bonds is 6. The molecular weight excluding hydrogens is 432 g/mol. The van der Waals surface area contributed by atoms with Crippen LogP contribution in [0, 0.1) is 12.8 Å². The number of carbonyl (C=O) groups is 1. The maximum atomic E-state index is 13.0. The summed E-state index contributed by atoms with van der Waals surface area (Å²) in [7, 11) is 0. The second kappa shape index (κ2) is 8.38. The second-order valence-corrected chi connectivity index (χ2v) is 8.37. The van der Waals surface area contributed by atoms with E-state index < -0.39 is 18.9 Å². The SMILES string of the molecule is Cc1nc2ccc(-c3ccn4nc(NC5CCC(C(=O)O)CC5)ncc34)nc2n1CC(F)F. The molecular formula is C22H23F2N7O2. The lowest BCUT2D eigenvalue weighted by Crippen LogP contribution is -2.30. The Hall–Kier alpha value is -3.63. The van der Waals surface area contributed by atoms with Gasteiger partial charge in [0.2, 0.25) is 5.95 Å². The number of pyridine rings is 1. The largest absolute Gasteiger partial charge is 0.481 e.